The summed E-state index contributed by atoms with van der Waals surface area (Å²) >= 11 is 0. The second kappa shape index (κ2) is 7.29. The lowest BCUT2D eigenvalue weighted by atomic mass is 10.2. The highest BCUT2D eigenvalue weighted by atomic mass is 16.5. The van der Waals surface area contributed by atoms with E-state index >= 15 is 0 Å². The van der Waals surface area contributed by atoms with Crippen LogP contribution in [0.5, 0.6) is 17.2 Å². The summed E-state index contributed by atoms with van der Waals surface area (Å²) < 4.78 is 11.3. The molecule has 0 bridgehead atoms. The summed E-state index contributed by atoms with van der Waals surface area (Å²) in [5.41, 5.74) is 2.35. The first-order valence-electron chi connectivity index (χ1n) is 8.40. The fraction of sp³-hybridized carbons (Fsp3) is 0.0952. The van der Waals surface area contributed by atoms with Crippen molar-refractivity contribution in [3.05, 3.63) is 72.6 Å². The molecule has 0 aliphatic heterocycles. The fourth-order valence-corrected chi connectivity index (χ4v) is 2.74. The Kier molecular flexibility index (Phi) is 4.53. The van der Waals surface area contributed by atoms with E-state index in [2.05, 4.69) is 15.0 Å². The van der Waals surface area contributed by atoms with Gasteiger partial charge in [0.2, 0.25) is 0 Å². The van der Waals surface area contributed by atoms with Gasteiger partial charge in [0, 0.05) is 5.39 Å². The quantitative estimate of drug-likeness (QED) is 0.581. The number of benzene rings is 2. The van der Waals surface area contributed by atoms with Crippen molar-refractivity contribution < 1.29 is 14.6 Å². The van der Waals surface area contributed by atoms with Crippen LogP contribution in [0.25, 0.3) is 22.4 Å². The Morgan fingerprint density at radius 2 is 1.78 bits per heavy atom. The third kappa shape index (κ3) is 3.64. The number of rotatable bonds is 5. The molecule has 0 amide bonds. The first-order chi connectivity index (χ1) is 13.2. The number of pyridine rings is 1. The van der Waals surface area contributed by atoms with Crippen molar-refractivity contribution in [2.75, 3.05) is 7.11 Å². The summed E-state index contributed by atoms with van der Waals surface area (Å²) in [6.07, 6.45) is 2.69. The molecule has 6 nitrogen and oxygen atoms in total. The van der Waals surface area contributed by atoms with Gasteiger partial charge in [0.05, 0.1) is 19.5 Å². The number of para-hydroxylation sites is 1. The molecule has 4 aromatic rings. The predicted octanol–water partition coefficient (Wildman–Crippen LogP) is 3.99. The molecule has 0 saturated heterocycles. The van der Waals surface area contributed by atoms with Crippen LogP contribution in [-0.4, -0.2) is 27.2 Å². The van der Waals surface area contributed by atoms with Crippen LogP contribution in [0, 0.1) is 0 Å². The van der Waals surface area contributed by atoms with E-state index in [0.29, 0.717) is 23.9 Å². The fourth-order valence-electron chi connectivity index (χ4n) is 2.74. The van der Waals surface area contributed by atoms with Crippen LogP contribution in [0.15, 0.2) is 67.0 Å². The van der Waals surface area contributed by atoms with Gasteiger partial charge < -0.3 is 14.6 Å². The molecule has 27 heavy (non-hydrogen) atoms. The Morgan fingerprint density at radius 1 is 0.963 bits per heavy atom. The monoisotopic (exact) mass is 359 g/mol. The summed E-state index contributed by atoms with van der Waals surface area (Å²) in [4.78, 5) is 12.9. The van der Waals surface area contributed by atoms with Crippen molar-refractivity contribution in [2.45, 2.75) is 6.61 Å². The summed E-state index contributed by atoms with van der Waals surface area (Å²) in [5, 5.41) is 10.3. The van der Waals surface area contributed by atoms with Gasteiger partial charge in [0.1, 0.15) is 29.3 Å². The first kappa shape index (κ1) is 16.8. The van der Waals surface area contributed by atoms with E-state index in [1.54, 1.807) is 7.11 Å². The van der Waals surface area contributed by atoms with Crippen LogP contribution < -0.4 is 9.47 Å². The number of ether oxygens (including phenoxy) is 2. The number of aromatic nitrogens is 3. The first-order valence-corrected chi connectivity index (χ1v) is 8.40. The van der Waals surface area contributed by atoms with Crippen LogP contribution in [0.3, 0.4) is 0 Å². The predicted molar refractivity (Wildman–Crippen MR) is 102 cm³/mol. The van der Waals surface area contributed by atoms with Gasteiger partial charge in [0.25, 0.3) is 0 Å². The molecule has 0 atom stereocenters. The van der Waals surface area contributed by atoms with Gasteiger partial charge in [0.15, 0.2) is 11.6 Å². The Labute approximate surface area is 156 Å². The summed E-state index contributed by atoms with van der Waals surface area (Å²) in [5.74, 6) is 1.93. The maximum Gasteiger partial charge on any atom is 0.178 e. The molecule has 4 rings (SSSR count). The smallest absolute Gasteiger partial charge is 0.178 e. The largest absolute Gasteiger partial charge is 0.505 e. The number of methoxy groups -OCH3 is 1. The number of nitrogens with zero attached hydrogens (tertiary/aromatic N) is 3. The Hall–Kier alpha value is -3.67. The summed E-state index contributed by atoms with van der Waals surface area (Å²) in [6, 6.07) is 17.3. The molecule has 6 heteroatoms. The van der Waals surface area contributed by atoms with E-state index in [9.17, 15) is 5.11 Å². The maximum absolute atomic E-state index is 9.36. The highest BCUT2D eigenvalue weighted by Crippen LogP contribution is 2.27. The highest BCUT2D eigenvalue weighted by Gasteiger charge is 2.09. The minimum Gasteiger partial charge on any atom is -0.505 e. The van der Waals surface area contributed by atoms with Gasteiger partial charge in [-0.3, -0.25) is 0 Å². The Morgan fingerprint density at radius 3 is 2.59 bits per heavy atom. The molecule has 0 spiro atoms. The Bertz CT molecular complexity index is 1080. The van der Waals surface area contributed by atoms with Crippen molar-refractivity contribution in [3.8, 4) is 28.8 Å². The van der Waals surface area contributed by atoms with E-state index in [4.69, 9.17) is 9.47 Å². The van der Waals surface area contributed by atoms with Crippen LogP contribution in [0.1, 0.15) is 5.56 Å². The normalized spacial score (nSPS) is 10.7. The molecule has 0 saturated carbocycles. The van der Waals surface area contributed by atoms with E-state index in [-0.39, 0.29) is 5.75 Å². The molecule has 1 N–H and O–H groups in total. The lowest BCUT2D eigenvalue weighted by molar-refractivity contribution is 0.308. The molecule has 2 aromatic heterocycles. The molecule has 0 fully saturated rings. The third-order valence-electron chi connectivity index (χ3n) is 4.08. The minimum atomic E-state index is 0.0156. The van der Waals surface area contributed by atoms with Crippen LogP contribution in [-0.2, 0) is 6.61 Å². The zero-order chi connectivity index (χ0) is 18.6. The molecule has 0 radical (unpaired) electrons. The van der Waals surface area contributed by atoms with Crippen molar-refractivity contribution in [3.63, 3.8) is 0 Å². The third-order valence-corrected chi connectivity index (χ3v) is 4.08. The molecule has 2 heterocycles. The van der Waals surface area contributed by atoms with Crippen molar-refractivity contribution in [2.24, 2.45) is 0 Å². The van der Waals surface area contributed by atoms with E-state index in [0.717, 1.165) is 22.2 Å². The number of hydrogen-bond donors (Lipinski definition) is 1. The zero-order valence-electron chi connectivity index (χ0n) is 14.7. The zero-order valence-corrected chi connectivity index (χ0v) is 14.7. The van der Waals surface area contributed by atoms with E-state index in [1.807, 2.05) is 54.6 Å². The lowest BCUT2D eigenvalue weighted by Crippen LogP contribution is -1.98. The summed E-state index contributed by atoms with van der Waals surface area (Å²) in [7, 11) is 1.64. The van der Waals surface area contributed by atoms with Gasteiger partial charge >= 0.3 is 0 Å². The lowest BCUT2D eigenvalue weighted by Gasteiger charge is -2.10. The second-order valence-electron chi connectivity index (χ2n) is 5.93. The summed E-state index contributed by atoms with van der Waals surface area (Å²) in [6.45, 7) is 0.401. The second-order valence-corrected chi connectivity index (χ2v) is 5.93. The topological polar surface area (TPSA) is 77.4 Å². The average Bonchev–Trinajstić information content (AvgIpc) is 2.72. The van der Waals surface area contributed by atoms with Gasteiger partial charge in [-0.2, -0.15) is 0 Å². The number of aromatic hydroxyl groups is 1. The average molecular weight is 359 g/mol. The van der Waals surface area contributed by atoms with Gasteiger partial charge in [-0.15, -0.1) is 0 Å². The van der Waals surface area contributed by atoms with Crippen LogP contribution in [0.2, 0.25) is 0 Å². The van der Waals surface area contributed by atoms with Crippen molar-refractivity contribution in [1.82, 2.24) is 15.0 Å². The molecule has 0 aliphatic carbocycles. The highest BCUT2D eigenvalue weighted by molar-refractivity contribution is 5.86. The standard InChI is InChI=1S/C21H17N3O3/c1-26-17-6-2-4-14(10-17)13-27-19-7-3-5-15-8-9-18(24-20(15)19)21-22-11-16(25)12-23-21/h2-12,25H,13H2,1H3. The minimum absolute atomic E-state index is 0.0156. The van der Waals surface area contributed by atoms with E-state index < -0.39 is 0 Å². The molecule has 2 aromatic carbocycles. The number of hydrogen-bond acceptors (Lipinski definition) is 6. The van der Waals surface area contributed by atoms with Crippen molar-refractivity contribution in [1.29, 1.82) is 0 Å². The van der Waals surface area contributed by atoms with Crippen molar-refractivity contribution >= 4 is 10.9 Å². The SMILES string of the molecule is COc1cccc(COc2cccc3ccc(-c4ncc(O)cn4)nc23)c1. The molecular weight excluding hydrogens is 342 g/mol. The van der Waals surface area contributed by atoms with E-state index in [1.165, 1.54) is 12.4 Å². The molecule has 0 unspecified atom stereocenters. The van der Waals surface area contributed by atoms with Crippen LogP contribution in [0.4, 0.5) is 0 Å². The van der Waals surface area contributed by atoms with Gasteiger partial charge in [-0.25, -0.2) is 15.0 Å². The van der Waals surface area contributed by atoms with Crippen LogP contribution >= 0.6 is 0 Å². The molecular formula is C21H17N3O3. The van der Waals surface area contributed by atoms with Gasteiger partial charge in [-0.1, -0.05) is 30.3 Å². The maximum atomic E-state index is 9.36. The molecule has 0 aliphatic rings. The Balaban J connectivity index is 1.65. The number of fused-ring (bicyclic) bond motifs is 1. The molecule has 134 valence electrons. The van der Waals surface area contributed by atoms with Gasteiger partial charge in [-0.05, 0) is 29.8 Å².